The molecule has 0 radical (unpaired) electrons. The molecular weight excluding hydrogens is 240 g/mol. The lowest BCUT2D eigenvalue weighted by atomic mass is 10.0. The Bertz CT molecular complexity index is 410. The SMILES string of the molecule is CC1(C)CNCC(c2cccc(OC(F)F)c2)O1. The van der Waals surface area contributed by atoms with E-state index in [0.717, 1.165) is 12.1 Å². The molecule has 0 spiro atoms. The van der Waals surface area contributed by atoms with Gasteiger partial charge in [0.05, 0.1) is 11.7 Å². The lowest BCUT2D eigenvalue weighted by Crippen LogP contribution is -2.46. The number of hydrogen-bond donors (Lipinski definition) is 1. The summed E-state index contributed by atoms with van der Waals surface area (Å²) in [5.74, 6) is 0.162. The van der Waals surface area contributed by atoms with Gasteiger partial charge in [-0.3, -0.25) is 0 Å². The second-order valence-electron chi connectivity index (χ2n) is 4.95. The second-order valence-corrected chi connectivity index (χ2v) is 4.95. The third kappa shape index (κ3) is 3.40. The molecule has 0 bridgehead atoms. The summed E-state index contributed by atoms with van der Waals surface area (Å²) in [6, 6.07) is 6.65. The van der Waals surface area contributed by atoms with Crippen LogP contribution in [0.25, 0.3) is 0 Å². The smallest absolute Gasteiger partial charge is 0.387 e. The van der Waals surface area contributed by atoms with E-state index >= 15 is 0 Å². The monoisotopic (exact) mass is 257 g/mol. The maximum atomic E-state index is 12.2. The van der Waals surface area contributed by atoms with Crippen molar-refractivity contribution in [3.8, 4) is 5.75 Å². The van der Waals surface area contributed by atoms with Gasteiger partial charge in [0.1, 0.15) is 5.75 Å². The molecule has 2 rings (SSSR count). The molecule has 1 fully saturated rings. The van der Waals surface area contributed by atoms with Gasteiger partial charge in [0, 0.05) is 13.1 Å². The predicted molar refractivity (Wildman–Crippen MR) is 63.8 cm³/mol. The molecule has 1 N–H and O–H groups in total. The summed E-state index contributed by atoms with van der Waals surface area (Å²) in [6.45, 7) is 2.62. The average Bonchev–Trinajstić information content (AvgIpc) is 2.27. The quantitative estimate of drug-likeness (QED) is 0.903. The van der Waals surface area contributed by atoms with Gasteiger partial charge in [-0.05, 0) is 31.5 Å². The Balaban J connectivity index is 2.12. The van der Waals surface area contributed by atoms with E-state index < -0.39 is 6.61 Å². The average molecular weight is 257 g/mol. The molecule has 1 aliphatic heterocycles. The van der Waals surface area contributed by atoms with Crippen LogP contribution in [-0.4, -0.2) is 25.3 Å². The van der Waals surface area contributed by atoms with Crippen molar-refractivity contribution in [3.63, 3.8) is 0 Å². The Labute approximate surface area is 105 Å². The first kappa shape index (κ1) is 13.2. The van der Waals surface area contributed by atoms with Crippen LogP contribution in [0.3, 0.4) is 0 Å². The molecule has 0 amide bonds. The molecule has 100 valence electrons. The topological polar surface area (TPSA) is 30.5 Å². The van der Waals surface area contributed by atoms with Gasteiger partial charge in [-0.2, -0.15) is 8.78 Å². The van der Waals surface area contributed by atoms with E-state index in [-0.39, 0.29) is 17.5 Å². The van der Waals surface area contributed by atoms with E-state index in [4.69, 9.17) is 4.74 Å². The molecule has 1 aromatic carbocycles. The maximum absolute atomic E-state index is 12.2. The molecule has 0 saturated carbocycles. The summed E-state index contributed by atoms with van der Waals surface area (Å²) in [5, 5.41) is 3.27. The minimum Gasteiger partial charge on any atom is -0.435 e. The molecule has 1 unspecified atom stereocenters. The first-order valence-corrected chi connectivity index (χ1v) is 5.90. The highest BCUT2D eigenvalue weighted by atomic mass is 19.3. The first-order chi connectivity index (χ1) is 8.46. The van der Waals surface area contributed by atoms with Crippen molar-refractivity contribution in [1.82, 2.24) is 5.32 Å². The predicted octanol–water partition coefficient (Wildman–Crippen LogP) is 2.73. The molecule has 1 aliphatic rings. The van der Waals surface area contributed by atoms with Gasteiger partial charge in [0.15, 0.2) is 0 Å². The largest absolute Gasteiger partial charge is 0.435 e. The maximum Gasteiger partial charge on any atom is 0.387 e. The van der Waals surface area contributed by atoms with Crippen LogP contribution in [0.4, 0.5) is 8.78 Å². The third-order valence-corrected chi connectivity index (χ3v) is 2.80. The van der Waals surface area contributed by atoms with Crippen LogP contribution in [0.2, 0.25) is 0 Å². The van der Waals surface area contributed by atoms with E-state index in [0.29, 0.717) is 6.54 Å². The molecule has 1 atom stereocenters. The minimum atomic E-state index is -2.80. The van der Waals surface area contributed by atoms with E-state index in [2.05, 4.69) is 10.1 Å². The molecule has 5 heteroatoms. The van der Waals surface area contributed by atoms with Crippen LogP contribution in [0, 0.1) is 0 Å². The lowest BCUT2D eigenvalue weighted by molar-refractivity contribution is -0.0962. The molecule has 18 heavy (non-hydrogen) atoms. The van der Waals surface area contributed by atoms with Crippen molar-refractivity contribution in [3.05, 3.63) is 29.8 Å². The van der Waals surface area contributed by atoms with Crippen LogP contribution in [0.1, 0.15) is 25.5 Å². The van der Waals surface area contributed by atoms with Gasteiger partial charge in [0.25, 0.3) is 0 Å². The number of rotatable bonds is 3. The van der Waals surface area contributed by atoms with E-state index in [9.17, 15) is 8.78 Å². The highest BCUT2D eigenvalue weighted by Crippen LogP contribution is 2.29. The lowest BCUT2D eigenvalue weighted by Gasteiger charge is -2.36. The number of ether oxygens (including phenoxy) is 2. The van der Waals surface area contributed by atoms with Crippen LogP contribution in [0.5, 0.6) is 5.75 Å². The zero-order valence-corrected chi connectivity index (χ0v) is 10.5. The molecule has 1 saturated heterocycles. The second kappa shape index (κ2) is 5.20. The fourth-order valence-electron chi connectivity index (χ4n) is 2.05. The Morgan fingerprint density at radius 2 is 2.22 bits per heavy atom. The van der Waals surface area contributed by atoms with Gasteiger partial charge in [0.2, 0.25) is 0 Å². The van der Waals surface area contributed by atoms with Crippen molar-refractivity contribution in [2.24, 2.45) is 0 Å². The Morgan fingerprint density at radius 3 is 2.89 bits per heavy atom. The van der Waals surface area contributed by atoms with Crippen molar-refractivity contribution >= 4 is 0 Å². The zero-order valence-electron chi connectivity index (χ0n) is 10.5. The number of benzene rings is 1. The first-order valence-electron chi connectivity index (χ1n) is 5.90. The van der Waals surface area contributed by atoms with Gasteiger partial charge < -0.3 is 14.8 Å². The molecule has 1 aromatic rings. The Kier molecular flexibility index (Phi) is 3.82. The summed E-state index contributed by atoms with van der Waals surface area (Å²) in [5.41, 5.74) is 0.580. The summed E-state index contributed by atoms with van der Waals surface area (Å²) in [6.07, 6.45) is -0.144. The number of morpholine rings is 1. The summed E-state index contributed by atoms with van der Waals surface area (Å²) < 4.78 is 34.6. The van der Waals surface area contributed by atoms with Gasteiger partial charge >= 0.3 is 6.61 Å². The zero-order chi connectivity index (χ0) is 13.2. The molecule has 0 aliphatic carbocycles. The van der Waals surface area contributed by atoms with E-state index in [1.54, 1.807) is 12.1 Å². The van der Waals surface area contributed by atoms with Gasteiger partial charge in [-0.1, -0.05) is 12.1 Å². The summed E-state index contributed by atoms with van der Waals surface area (Å²) in [4.78, 5) is 0. The standard InChI is InChI=1S/C13H17F2NO2/c1-13(2)8-16-7-11(18-13)9-4-3-5-10(6-9)17-12(14)15/h3-6,11-12,16H,7-8H2,1-2H3. The van der Waals surface area contributed by atoms with Crippen LogP contribution in [0.15, 0.2) is 24.3 Å². The highest BCUT2D eigenvalue weighted by molar-refractivity contribution is 5.30. The summed E-state index contributed by atoms with van der Waals surface area (Å²) >= 11 is 0. The Morgan fingerprint density at radius 1 is 1.44 bits per heavy atom. The van der Waals surface area contributed by atoms with Crippen molar-refractivity contribution in [1.29, 1.82) is 0 Å². The van der Waals surface area contributed by atoms with E-state index in [1.807, 2.05) is 19.9 Å². The van der Waals surface area contributed by atoms with Crippen LogP contribution >= 0.6 is 0 Å². The minimum absolute atomic E-state index is 0.144. The Hall–Kier alpha value is -1.20. The molecule has 3 nitrogen and oxygen atoms in total. The van der Waals surface area contributed by atoms with Crippen molar-refractivity contribution in [2.45, 2.75) is 32.2 Å². The van der Waals surface area contributed by atoms with Crippen LogP contribution < -0.4 is 10.1 Å². The van der Waals surface area contributed by atoms with Crippen LogP contribution in [-0.2, 0) is 4.74 Å². The number of nitrogens with one attached hydrogen (secondary N) is 1. The van der Waals surface area contributed by atoms with Gasteiger partial charge in [-0.15, -0.1) is 0 Å². The van der Waals surface area contributed by atoms with Crippen molar-refractivity contribution in [2.75, 3.05) is 13.1 Å². The fourth-order valence-corrected chi connectivity index (χ4v) is 2.05. The normalized spacial score (nSPS) is 23.1. The van der Waals surface area contributed by atoms with Gasteiger partial charge in [-0.25, -0.2) is 0 Å². The fraction of sp³-hybridized carbons (Fsp3) is 0.538. The highest BCUT2D eigenvalue weighted by Gasteiger charge is 2.29. The number of hydrogen-bond acceptors (Lipinski definition) is 3. The molecule has 0 aromatic heterocycles. The molecular formula is C13H17F2NO2. The number of halogens is 2. The molecule has 1 heterocycles. The van der Waals surface area contributed by atoms with E-state index in [1.165, 1.54) is 6.07 Å². The third-order valence-electron chi connectivity index (χ3n) is 2.80. The van der Waals surface area contributed by atoms with Crippen molar-refractivity contribution < 1.29 is 18.3 Å². The summed E-state index contributed by atoms with van der Waals surface area (Å²) in [7, 11) is 0. The number of alkyl halides is 2.